The van der Waals surface area contributed by atoms with Crippen LogP contribution in [0.15, 0.2) is 72.8 Å². The zero-order valence-corrected chi connectivity index (χ0v) is 19.9. The molecule has 0 nitrogen and oxygen atoms in total. The van der Waals surface area contributed by atoms with Crippen LogP contribution in [0, 0.1) is 23.4 Å². The maximum atomic E-state index is 15.0. The Balaban J connectivity index is 1.54. The van der Waals surface area contributed by atoms with Crippen molar-refractivity contribution in [3.05, 3.63) is 101 Å². The Labute approximate surface area is 200 Å². The standard InChI is InChI=1S/C31H31F3/c1-3-5-7-25-16-19-28(31(34)30(25)33)24-14-12-23(13-15-24)27-18-17-26(20-29(27)32)22-10-8-21(6-4-2)9-11-22/h4,6,10,12-21H,3,5,7-9,11H2,1-2H3/b6-4+. The monoisotopic (exact) mass is 460 g/mol. The van der Waals surface area contributed by atoms with Gasteiger partial charge in [0.25, 0.3) is 0 Å². The highest BCUT2D eigenvalue weighted by molar-refractivity contribution is 5.74. The average Bonchev–Trinajstić information content (AvgIpc) is 2.86. The minimum absolute atomic E-state index is 0.223. The van der Waals surface area contributed by atoms with E-state index in [0.717, 1.165) is 37.7 Å². The molecule has 0 amide bonds. The number of unbranched alkanes of at least 4 members (excludes halogenated alkanes) is 1. The summed E-state index contributed by atoms with van der Waals surface area (Å²) in [5.74, 6) is -1.30. The van der Waals surface area contributed by atoms with Gasteiger partial charge in [0.1, 0.15) is 5.82 Å². The van der Waals surface area contributed by atoms with Crippen LogP contribution in [0.2, 0.25) is 0 Å². The molecule has 0 aromatic heterocycles. The molecule has 0 saturated carbocycles. The quantitative estimate of drug-likeness (QED) is 0.308. The highest BCUT2D eigenvalue weighted by atomic mass is 19.2. The molecule has 0 saturated heterocycles. The number of benzene rings is 3. The van der Waals surface area contributed by atoms with Crippen molar-refractivity contribution in [1.82, 2.24) is 0 Å². The molecule has 3 aromatic carbocycles. The molecule has 1 atom stereocenters. The van der Waals surface area contributed by atoms with Gasteiger partial charge >= 0.3 is 0 Å². The summed E-state index contributed by atoms with van der Waals surface area (Å²) in [5, 5.41) is 0. The summed E-state index contributed by atoms with van der Waals surface area (Å²) in [6.45, 7) is 4.06. The fraction of sp³-hybridized carbons (Fsp3) is 0.290. The number of hydrogen-bond donors (Lipinski definition) is 0. The van der Waals surface area contributed by atoms with Crippen molar-refractivity contribution < 1.29 is 13.2 Å². The van der Waals surface area contributed by atoms with Gasteiger partial charge in [-0.25, -0.2) is 13.2 Å². The summed E-state index contributed by atoms with van der Waals surface area (Å²) < 4.78 is 44.2. The number of hydrogen-bond acceptors (Lipinski definition) is 0. The van der Waals surface area contributed by atoms with Gasteiger partial charge in [-0.15, -0.1) is 0 Å². The van der Waals surface area contributed by atoms with Gasteiger partial charge in [-0.05, 0) is 78.8 Å². The van der Waals surface area contributed by atoms with Crippen LogP contribution in [0.3, 0.4) is 0 Å². The Hall–Kier alpha value is -3.07. The van der Waals surface area contributed by atoms with Crippen molar-refractivity contribution in [2.45, 2.75) is 52.4 Å². The molecule has 0 aliphatic heterocycles. The molecule has 0 N–H and O–H groups in total. The molecule has 3 heteroatoms. The Kier molecular flexibility index (Phi) is 7.72. The van der Waals surface area contributed by atoms with E-state index in [0.29, 0.717) is 34.6 Å². The van der Waals surface area contributed by atoms with E-state index in [2.05, 4.69) is 18.2 Å². The lowest BCUT2D eigenvalue weighted by molar-refractivity contribution is 0.499. The first-order valence-electron chi connectivity index (χ1n) is 12.2. The van der Waals surface area contributed by atoms with Crippen molar-refractivity contribution in [2.75, 3.05) is 0 Å². The van der Waals surface area contributed by atoms with Crippen molar-refractivity contribution >= 4 is 5.57 Å². The van der Waals surface area contributed by atoms with E-state index in [4.69, 9.17) is 0 Å². The zero-order valence-electron chi connectivity index (χ0n) is 19.9. The van der Waals surface area contributed by atoms with Gasteiger partial charge in [0, 0.05) is 11.1 Å². The third-order valence-electron chi connectivity index (χ3n) is 6.72. The van der Waals surface area contributed by atoms with Gasteiger partial charge in [-0.2, -0.15) is 0 Å². The van der Waals surface area contributed by atoms with Crippen LogP contribution in [-0.2, 0) is 6.42 Å². The molecule has 1 aliphatic carbocycles. The van der Waals surface area contributed by atoms with E-state index in [9.17, 15) is 8.78 Å². The average molecular weight is 461 g/mol. The van der Waals surface area contributed by atoms with Gasteiger partial charge in [0.05, 0.1) is 0 Å². The summed E-state index contributed by atoms with van der Waals surface area (Å²) >= 11 is 0. The summed E-state index contributed by atoms with van der Waals surface area (Å²) in [6.07, 6.45) is 11.8. The smallest absolute Gasteiger partial charge is 0.166 e. The number of rotatable bonds is 7. The molecule has 0 bridgehead atoms. The molecule has 1 aliphatic rings. The second-order valence-electron chi connectivity index (χ2n) is 9.07. The van der Waals surface area contributed by atoms with E-state index < -0.39 is 11.6 Å². The van der Waals surface area contributed by atoms with Crippen molar-refractivity contribution in [2.24, 2.45) is 5.92 Å². The normalized spacial score (nSPS) is 16.1. The Morgan fingerprint density at radius 1 is 0.853 bits per heavy atom. The molecule has 0 spiro atoms. The van der Waals surface area contributed by atoms with Crippen molar-refractivity contribution in [1.29, 1.82) is 0 Å². The molecular formula is C31H31F3. The Morgan fingerprint density at radius 3 is 2.15 bits per heavy atom. The lowest BCUT2D eigenvalue weighted by atomic mass is 9.86. The second kappa shape index (κ2) is 10.9. The van der Waals surface area contributed by atoms with Gasteiger partial charge in [0.2, 0.25) is 0 Å². The second-order valence-corrected chi connectivity index (χ2v) is 9.07. The molecular weight excluding hydrogens is 429 g/mol. The van der Waals surface area contributed by atoms with Crippen LogP contribution in [0.1, 0.15) is 57.1 Å². The molecule has 0 heterocycles. The summed E-state index contributed by atoms with van der Waals surface area (Å²) in [4.78, 5) is 0. The van der Waals surface area contributed by atoms with E-state index in [-0.39, 0.29) is 11.4 Å². The van der Waals surface area contributed by atoms with E-state index in [1.54, 1.807) is 48.5 Å². The first kappa shape index (κ1) is 24.1. The van der Waals surface area contributed by atoms with Crippen LogP contribution in [-0.4, -0.2) is 0 Å². The summed E-state index contributed by atoms with van der Waals surface area (Å²) in [7, 11) is 0. The first-order valence-corrected chi connectivity index (χ1v) is 12.2. The van der Waals surface area contributed by atoms with E-state index in [1.165, 1.54) is 5.57 Å². The van der Waals surface area contributed by atoms with Crippen LogP contribution in [0.25, 0.3) is 27.8 Å². The van der Waals surface area contributed by atoms with Crippen molar-refractivity contribution in [3.63, 3.8) is 0 Å². The summed E-state index contributed by atoms with van der Waals surface area (Å²) in [5.41, 5.74) is 4.54. The third kappa shape index (κ3) is 5.19. The van der Waals surface area contributed by atoms with Crippen LogP contribution >= 0.6 is 0 Å². The fourth-order valence-electron chi connectivity index (χ4n) is 4.71. The predicted molar refractivity (Wildman–Crippen MR) is 136 cm³/mol. The molecule has 3 aromatic rings. The van der Waals surface area contributed by atoms with Crippen molar-refractivity contribution in [3.8, 4) is 22.3 Å². The predicted octanol–water partition coefficient (Wildman–Crippen LogP) is 9.54. The van der Waals surface area contributed by atoms with Gasteiger partial charge in [-0.1, -0.05) is 80.1 Å². The zero-order chi connectivity index (χ0) is 24.1. The molecule has 4 rings (SSSR count). The number of aryl methyl sites for hydroxylation is 1. The number of halogens is 3. The molecule has 0 radical (unpaired) electrons. The van der Waals surface area contributed by atoms with E-state index in [1.807, 2.05) is 19.9 Å². The highest BCUT2D eigenvalue weighted by Crippen LogP contribution is 2.34. The maximum absolute atomic E-state index is 15.0. The fourth-order valence-corrected chi connectivity index (χ4v) is 4.71. The highest BCUT2D eigenvalue weighted by Gasteiger charge is 2.17. The number of allylic oxidation sites excluding steroid dienone is 4. The van der Waals surface area contributed by atoms with Gasteiger partial charge in [0.15, 0.2) is 11.6 Å². The van der Waals surface area contributed by atoms with Crippen LogP contribution in [0.4, 0.5) is 13.2 Å². The molecule has 176 valence electrons. The van der Waals surface area contributed by atoms with Crippen LogP contribution < -0.4 is 0 Å². The van der Waals surface area contributed by atoms with Gasteiger partial charge in [-0.3, -0.25) is 0 Å². The Bertz CT molecular complexity index is 1200. The maximum Gasteiger partial charge on any atom is 0.166 e. The minimum Gasteiger partial charge on any atom is -0.206 e. The van der Waals surface area contributed by atoms with Crippen LogP contribution in [0.5, 0.6) is 0 Å². The molecule has 34 heavy (non-hydrogen) atoms. The van der Waals surface area contributed by atoms with Gasteiger partial charge < -0.3 is 0 Å². The first-order chi connectivity index (χ1) is 16.5. The Morgan fingerprint density at radius 2 is 1.53 bits per heavy atom. The molecule has 0 fully saturated rings. The lowest BCUT2D eigenvalue weighted by Crippen LogP contribution is -2.02. The third-order valence-corrected chi connectivity index (χ3v) is 6.72. The largest absolute Gasteiger partial charge is 0.206 e. The topological polar surface area (TPSA) is 0 Å². The molecule has 1 unspecified atom stereocenters. The lowest BCUT2D eigenvalue weighted by Gasteiger charge is -2.20. The SMILES string of the molecule is C/C=C/C1CC=C(c2ccc(-c3ccc(-c4ccc(CCCC)c(F)c4F)cc3)c(F)c2)CC1. The minimum atomic E-state index is -0.825. The summed E-state index contributed by atoms with van der Waals surface area (Å²) in [6, 6.07) is 15.6. The van der Waals surface area contributed by atoms with E-state index >= 15 is 4.39 Å².